The van der Waals surface area contributed by atoms with E-state index in [1.54, 1.807) is 0 Å². The zero-order chi connectivity index (χ0) is 14.2. The van der Waals surface area contributed by atoms with E-state index in [1.807, 2.05) is 0 Å². The normalized spacial score (nSPS) is 10.4. The summed E-state index contributed by atoms with van der Waals surface area (Å²) in [5.41, 5.74) is 0.552. The van der Waals surface area contributed by atoms with Crippen molar-refractivity contribution in [2.45, 2.75) is 13.8 Å². The molecule has 0 unspecified atom stereocenters. The van der Waals surface area contributed by atoms with Crippen LogP contribution in [0.1, 0.15) is 29.0 Å². The van der Waals surface area contributed by atoms with Gasteiger partial charge in [0.15, 0.2) is 5.75 Å². The number of carbonyl (C=O) groups is 3. The number of rotatable bonds is 2. The third-order valence-electron chi connectivity index (χ3n) is 2.61. The lowest BCUT2D eigenvalue weighted by atomic mass is 10.1. The Morgan fingerprint density at radius 1 is 1.21 bits per heavy atom. The number of benzene rings is 1. The number of ether oxygens (including phenoxy) is 1. The Hall–Kier alpha value is -2.63. The molecule has 0 aliphatic rings. The van der Waals surface area contributed by atoms with Crippen LogP contribution < -0.4 is 4.74 Å². The fraction of sp³-hybridized carbons (Fsp3) is 0.154. The first kappa shape index (κ1) is 12.8. The minimum atomic E-state index is -1.09. The number of nitrogens with zero attached hydrogens (tertiary/aromatic N) is 1. The van der Waals surface area contributed by atoms with Crippen LogP contribution in [0, 0.1) is 0 Å². The molecular formula is C13H11NO5. The van der Waals surface area contributed by atoms with E-state index < -0.39 is 11.9 Å². The molecule has 1 aromatic carbocycles. The Bertz CT molecular complexity index is 698. The van der Waals surface area contributed by atoms with Gasteiger partial charge in [0.25, 0.3) is 0 Å². The number of hydrogen-bond donors (Lipinski definition) is 1. The van der Waals surface area contributed by atoms with Gasteiger partial charge in [-0.15, -0.1) is 0 Å². The predicted molar refractivity (Wildman–Crippen MR) is 66.5 cm³/mol. The van der Waals surface area contributed by atoms with Crippen LogP contribution in [-0.4, -0.2) is 27.5 Å². The van der Waals surface area contributed by atoms with Gasteiger partial charge in [0.1, 0.15) is 0 Å². The average Bonchev–Trinajstić information content (AvgIpc) is 2.67. The fourth-order valence-corrected chi connectivity index (χ4v) is 1.83. The Morgan fingerprint density at radius 2 is 1.89 bits per heavy atom. The van der Waals surface area contributed by atoms with Crippen molar-refractivity contribution in [3.63, 3.8) is 0 Å². The van der Waals surface area contributed by atoms with Gasteiger partial charge in [-0.1, -0.05) is 0 Å². The van der Waals surface area contributed by atoms with E-state index in [1.165, 1.54) is 42.8 Å². The first-order chi connectivity index (χ1) is 8.90. The molecule has 98 valence electrons. The van der Waals surface area contributed by atoms with Gasteiger partial charge in [-0.3, -0.25) is 14.2 Å². The molecule has 6 heteroatoms. The molecule has 0 amide bonds. The molecule has 0 aliphatic carbocycles. The maximum absolute atomic E-state index is 11.5. The smallest absolute Gasteiger partial charge is 0.335 e. The molecule has 1 heterocycles. The number of carboxylic acid groups (broad SMARTS) is 1. The zero-order valence-electron chi connectivity index (χ0n) is 10.3. The van der Waals surface area contributed by atoms with Crippen LogP contribution in [-0.2, 0) is 4.79 Å². The van der Waals surface area contributed by atoms with Gasteiger partial charge < -0.3 is 9.84 Å². The number of hydrogen-bond acceptors (Lipinski definition) is 4. The number of aromatic nitrogens is 1. The standard InChI is InChI=1S/C13H11NO5/c1-7(15)14-6-12(19-8(2)16)10-5-9(13(17)18)3-4-11(10)14/h3-6H,1-2H3,(H,17,18). The summed E-state index contributed by atoms with van der Waals surface area (Å²) in [5, 5.41) is 9.36. The van der Waals surface area contributed by atoms with Crippen molar-refractivity contribution in [3.8, 4) is 5.75 Å². The molecule has 0 aliphatic heterocycles. The van der Waals surface area contributed by atoms with Crippen LogP contribution in [0.5, 0.6) is 5.75 Å². The molecule has 0 atom stereocenters. The van der Waals surface area contributed by atoms with Gasteiger partial charge >= 0.3 is 11.9 Å². The van der Waals surface area contributed by atoms with Crippen molar-refractivity contribution in [3.05, 3.63) is 30.0 Å². The Balaban J connectivity index is 2.72. The minimum Gasteiger partial charge on any atom is -0.478 e. The van der Waals surface area contributed by atoms with Crippen molar-refractivity contribution in [1.29, 1.82) is 0 Å². The molecule has 0 spiro atoms. The lowest BCUT2D eigenvalue weighted by Gasteiger charge is -2.00. The lowest BCUT2D eigenvalue weighted by molar-refractivity contribution is -0.131. The zero-order valence-corrected chi connectivity index (χ0v) is 10.3. The highest BCUT2D eigenvalue weighted by Crippen LogP contribution is 2.29. The molecule has 0 saturated heterocycles. The van der Waals surface area contributed by atoms with Crippen LogP contribution in [0.15, 0.2) is 24.4 Å². The highest BCUT2D eigenvalue weighted by Gasteiger charge is 2.15. The van der Waals surface area contributed by atoms with Crippen LogP contribution >= 0.6 is 0 Å². The van der Waals surface area contributed by atoms with Crippen LogP contribution in [0.25, 0.3) is 10.9 Å². The second-order valence-electron chi connectivity index (χ2n) is 4.01. The first-order valence-electron chi connectivity index (χ1n) is 5.48. The van der Waals surface area contributed by atoms with Crippen molar-refractivity contribution < 1.29 is 24.2 Å². The Labute approximate surface area is 108 Å². The molecule has 1 aromatic heterocycles. The molecule has 2 rings (SSSR count). The van der Waals surface area contributed by atoms with E-state index in [4.69, 9.17) is 9.84 Å². The summed E-state index contributed by atoms with van der Waals surface area (Å²) in [7, 11) is 0. The van der Waals surface area contributed by atoms with Gasteiger partial charge in [-0.05, 0) is 18.2 Å². The predicted octanol–water partition coefficient (Wildman–Crippen LogP) is 1.92. The van der Waals surface area contributed by atoms with E-state index >= 15 is 0 Å². The lowest BCUT2D eigenvalue weighted by Crippen LogP contribution is -2.04. The van der Waals surface area contributed by atoms with Gasteiger partial charge in [0.05, 0.1) is 17.3 Å². The number of carboxylic acids is 1. The molecule has 1 N–H and O–H groups in total. The summed E-state index contributed by atoms with van der Waals surface area (Å²) < 4.78 is 6.29. The molecule has 19 heavy (non-hydrogen) atoms. The summed E-state index contributed by atoms with van der Waals surface area (Å²) in [4.78, 5) is 33.4. The van der Waals surface area contributed by atoms with E-state index in [2.05, 4.69) is 0 Å². The van der Waals surface area contributed by atoms with Gasteiger partial charge in [-0.25, -0.2) is 4.79 Å². The van der Waals surface area contributed by atoms with E-state index in [9.17, 15) is 14.4 Å². The Morgan fingerprint density at radius 3 is 2.42 bits per heavy atom. The van der Waals surface area contributed by atoms with Gasteiger partial charge in [0, 0.05) is 19.2 Å². The maximum Gasteiger partial charge on any atom is 0.335 e. The highest BCUT2D eigenvalue weighted by molar-refractivity contribution is 6.00. The summed E-state index contributed by atoms with van der Waals surface area (Å²) in [5.74, 6) is -1.72. The highest BCUT2D eigenvalue weighted by atomic mass is 16.5. The van der Waals surface area contributed by atoms with Crippen molar-refractivity contribution in [2.24, 2.45) is 0 Å². The van der Waals surface area contributed by atoms with Crippen LogP contribution in [0.4, 0.5) is 0 Å². The third-order valence-corrected chi connectivity index (χ3v) is 2.61. The monoisotopic (exact) mass is 261 g/mol. The number of carbonyl (C=O) groups excluding carboxylic acids is 2. The summed E-state index contributed by atoms with van der Waals surface area (Å²) in [6.07, 6.45) is 1.38. The molecule has 0 fully saturated rings. The third kappa shape index (κ3) is 2.33. The number of aromatic carboxylic acids is 1. The second kappa shape index (κ2) is 4.56. The molecule has 0 radical (unpaired) electrons. The molecular weight excluding hydrogens is 250 g/mol. The van der Waals surface area contributed by atoms with E-state index in [0.717, 1.165) is 0 Å². The maximum atomic E-state index is 11.5. The minimum absolute atomic E-state index is 0.0576. The average molecular weight is 261 g/mol. The summed E-state index contributed by atoms with van der Waals surface area (Å²) in [6.45, 7) is 2.60. The summed E-state index contributed by atoms with van der Waals surface area (Å²) in [6, 6.07) is 4.27. The second-order valence-corrected chi connectivity index (χ2v) is 4.01. The SMILES string of the molecule is CC(=O)Oc1cn(C(C)=O)c2ccc(C(=O)O)cc12. The number of esters is 1. The van der Waals surface area contributed by atoms with Gasteiger partial charge in [-0.2, -0.15) is 0 Å². The van der Waals surface area contributed by atoms with Gasteiger partial charge in [0.2, 0.25) is 5.91 Å². The van der Waals surface area contributed by atoms with Crippen LogP contribution in [0.2, 0.25) is 0 Å². The largest absolute Gasteiger partial charge is 0.478 e. The Kier molecular flexibility index (Phi) is 3.08. The molecule has 0 bridgehead atoms. The molecule has 6 nitrogen and oxygen atoms in total. The molecule has 0 saturated carbocycles. The van der Waals surface area contributed by atoms with Crippen molar-refractivity contribution in [2.75, 3.05) is 0 Å². The topological polar surface area (TPSA) is 85.6 Å². The quantitative estimate of drug-likeness (QED) is 0.835. The summed E-state index contributed by atoms with van der Waals surface area (Å²) >= 11 is 0. The van der Waals surface area contributed by atoms with Crippen molar-refractivity contribution in [1.82, 2.24) is 4.57 Å². The van der Waals surface area contributed by atoms with Crippen LogP contribution in [0.3, 0.4) is 0 Å². The van der Waals surface area contributed by atoms with E-state index in [-0.39, 0.29) is 17.2 Å². The number of fused-ring (bicyclic) bond motifs is 1. The molecule has 2 aromatic rings. The van der Waals surface area contributed by atoms with Crippen molar-refractivity contribution >= 4 is 28.7 Å². The van der Waals surface area contributed by atoms with E-state index in [0.29, 0.717) is 10.9 Å². The first-order valence-corrected chi connectivity index (χ1v) is 5.48. The fourth-order valence-electron chi connectivity index (χ4n) is 1.83.